The molecule has 2 atom stereocenters. The minimum absolute atomic E-state index is 0.287. The number of rotatable bonds is 6. The first-order chi connectivity index (χ1) is 13.4. The summed E-state index contributed by atoms with van der Waals surface area (Å²) in [6.07, 6.45) is 5.02. The maximum absolute atomic E-state index is 11.1. The number of halogens is 1. The molecule has 0 unspecified atom stereocenters. The summed E-state index contributed by atoms with van der Waals surface area (Å²) >= 11 is -1.48. The van der Waals surface area contributed by atoms with E-state index in [0.29, 0.717) is 27.0 Å². The topological polar surface area (TPSA) is 101 Å². The summed E-state index contributed by atoms with van der Waals surface area (Å²) in [5.41, 5.74) is 4.63. The van der Waals surface area contributed by atoms with E-state index in [-0.39, 0.29) is 3.14 Å². The summed E-state index contributed by atoms with van der Waals surface area (Å²) in [6.45, 7) is 1.88. The molecule has 0 aromatic carbocycles. The average Bonchev–Trinajstić information content (AvgIpc) is 3.15. The van der Waals surface area contributed by atoms with Crippen molar-refractivity contribution < 1.29 is 29.4 Å². The molecule has 4 rings (SSSR count). The fourth-order valence-corrected chi connectivity index (χ4v) is 5.16. The van der Waals surface area contributed by atoms with Gasteiger partial charge < -0.3 is 0 Å². The van der Waals surface area contributed by atoms with Gasteiger partial charge in [0, 0.05) is 0 Å². The molecule has 0 spiro atoms. The van der Waals surface area contributed by atoms with Gasteiger partial charge in [-0.05, 0) is 0 Å². The van der Waals surface area contributed by atoms with Crippen LogP contribution in [0, 0.1) is 20.7 Å². The number of hydrogen-bond acceptors (Lipinski definition) is 6. The number of aromatic nitrogens is 5. The van der Waals surface area contributed by atoms with Crippen LogP contribution in [-0.4, -0.2) is 34.8 Å². The number of aryl methyl sites for hydroxylation is 3. The van der Waals surface area contributed by atoms with Gasteiger partial charge in [0.15, 0.2) is 0 Å². The summed E-state index contributed by atoms with van der Waals surface area (Å²) in [5, 5.41) is 20.0. The van der Waals surface area contributed by atoms with Gasteiger partial charge in [0.05, 0.1) is 0 Å². The summed E-state index contributed by atoms with van der Waals surface area (Å²) in [6, 6.07) is 3.95. The van der Waals surface area contributed by atoms with Gasteiger partial charge in [-0.25, -0.2) is 0 Å². The molecular weight excluding hydrogens is 475 g/mol. The first-order valence-electron chi connectivity index (χ1n) is 8.75. The second-order valence-corrected chi connectivity index (χ2v) is 9.21. The molecule has 0 saturated heterocycles. The molecular formula is C18H20IN6O3-. The Balaban J connectivity index is 1.65. The van der Waals surface area contributed by atoms with E-state index in [2.05, 4.69) is 21.4 Å². The van der Waals surface area contributed by atoms with Crippen LogP contribution in [0.1, 0.15) is 35.1 Å². The van der Waals surface area contributed by atoms with Crippen molar-refractivity contribution in [3.05, 3.63) is 55.2 Å². The summed E-state index contributed by atoms with van der Waals surface area (Å²) in [5.74, 6) is 1.32. The van der Waals surface area contributed by atoms with E-state index in [0.717, 1.165) is 23.4 Å². The van der Waals surface area contributed by atoms with E-state index in [4.69, 9.17) is 4.74 Å². The fraction of sp³-hybridized carbons (Fsp3) is 0.389. The fourth-order valence-electron chi connectivity index (χ4n) is 3.55. The Morgan fingerprint density at radius 1 is 1.32 bits per heavy atom. The van der Waals surface area contributed by atoms with Crippen LogP contribution in [0.4, 0.5) is 0 Å². The number of pyridine rings is 1. The quantitative estimate of drug-likeness (QED) is 0.147. The van der Waals surface area contributed by atoms with Gasteiger partial charge in [-0.3, -0.25) is 0 Å². The molecule has 0 amide bonds. The van der Waals surface area contributed by atoms with Crippen LogP contribution in [0.2, 0.25) is 0 Å². The predicted molar refractivity (Wildman–Crippen MR) is 96.7 cm³/mol. The van der Waals surface area contributed by atoms with E-state index in [1.165, 1.54) is 12.7 Å². The first kappa shape index (κ1) is 18.8. The first-order valence-corrected chi connectivity index (χ1v) is 10.8. The minimum atomic E-state index is -1.48. The van der Waals surface area contributed by atoms with Crippen molar-refractivity contribution in [3.8, 4) is 17.1 Å². The maximum atomic E-state index is 11.1. The molecule has 1 aliphatic rings. The van der Waals surface area contributed by atoms with Crippen molar-refractivity contribution in [3.63, 3.8) is 0 Å². The van der Waals surface area contributed by atoms with Gasteiger partial charge in [-0.2, -0.15) is 0 Å². The molecule has 28 heavy (non-hydrogen) atoms. The SMILES string of the molecule is COc1c(C)cc(-c2cc([C@@H]3C[C@H]3c3cnn(C)c3)nn2C)nc1[I-][N+](=O)[O-]. The van der Waals surface area contributed by atoms with Gasteiger partial charge in [-0.15, -0.1) is 0 Å². The monoisotopic (exact) mass is 495 g/mol. The number of nitro groups is 1. The van der Waals surface area contributed by atoms with E-state index in [1.807, 2.05) is 44.0 Å². The Morgan fingerprint density at radius 2 is 2.11 bits per heavy atom. The van der Waals surface area contributed by atoms with E-state index in [9.17, 15) is 10.1 Å². The zero-order chi connectivity index (χ0) is 20.0. The molecule has 0 radical (unpaired) electrons. The molecule has 1 fully saturated rings. The van der Waals surface area contributed by atoms with Gasteiger partial charge in [0.2, 0.25) is 0 Å². The second kappa shape index (κ2) is 7.15. The molecule has 1 saturated carbocycles. The Bertz CT molecular complexity index is 1060. The average molecular weight is 495 g/mol. The molecule has 10 heteroatoms. The van der Waals surface area contributed by atoms with Crippen molar-refractivity contribution in [2.24, 2.45) is 14.1 Å². The van der Waals surface area contributed by atoms with Crippen molar-refractivity contribution in [2.75, 3.05) is 7.11 Å². The second-order valence-electron chi connectivity index (χ2n) is 6.92. The third-order valence-corrected chi connectivity index (χ3v) is 6.54. The Labute approximate surface area is 172 Å². The molecule has 148 valence electrons. The third-order valence-electron chi connectivity index (χ3n) is 4.96. The van der Waals surface area contributed by atoms with Crippen molar-refractivity contribution in [1.29, 1.82) is 0 Å². The van der Waals surface area contributed by atoms with Gasteiger partial charge in [0.25, 0.3) is 0 Å². The van der Waals surface area contributed by atoms with Crippen LogP contribution in [-0.2, 0) is 14.1 Å². The summed E-state index contributed by atoms with van der Waals surface area (Å²) < 4.78 is 9.11. The summed E-state index contributed by atoms with van der Waals surface area (Å²) in [4.78, 5) is 15.6. The molecule has 0 bridgehead atoms. The van der Waals surface area contributed by atoms with Crippen molar-refractivity contribution in [2.45, 2.75) is 25.2 Å². The Hall–Kier alpha value is -2.50. The summed E-state index contributed by atoms with van der Waals surface area (Å²) in [7, 11) is 5.32. The number of ether oxygens (including phenoxy) is 1. The van der Waals surface area contributed by atoms with Gasteiger partial charge >= 0.3 is 173 Å². The molecule has 9 nitrogen and oxygen atoms in total. The van der Waals surface area contributed by atoms with Crippen LogP contribution in [0.15, 0.2) is 24.5 Å². The van der Waals surface area contributed by atoms with Crippen molar-refractivity contribution >= 4 is 0 Å². The zero-order valence-corrected chi connectivity index (χ0v) is 18.1. The normalized spacial score (nSPS) is 18.4. The molecule has 3 aromatic heterocycles. The number of methoxy groups -OCH3 is 1. The van der Waals surface area contributed by atoms with Crippen molar-refractivity contribution in [1.82, 2.24) is 24.5 Å². The van der Waals surface area contributed by atoms with Crippen LogP contribution < -0.4 is 26.2 Å². The number of hydrogen-bond donors (Lipinski definition) is 0. The van der Waals surface area contributed by atoms with E-state index < -0.39 is 21.5 Å². The zero-order valence-electron chi connectivity index (χ0n) is 16.0. The molecule has 3 heterocycles. The molecule has 0 N–H and O–H groups in total. The van der Waals surface area contributed by atoms with Crippen LogP contribution >= 0.6 is 0 Å². The molecule has 1 aliphatic carbocycles. The predicted octanol–water partition coefficient (Wildman–Crippen LogP) is -0.746. The third kappa shape index (κ3) is 3.48. The van der Waals surface area contributed by atoms with E-state index in [1.54, 1.807) is 4.68 Å². The molecule has 0 aliphatic heterocycles. The number of nitrogens with zero attached hydrogens (tertiary/aromatic N) is 6. The van der Waals surface area contributed by atoms with Crippen LogP contribution in [0.3, 0.4) is 0 Å². The Morgan fingerprint density at radius 3 is 2.75 bits per heavy atom. The van der Waals surface area contributed by atoms with Gasteiger partial charge in [-0.1, -0.05) is 0 Å². The van der Waals surface area contributed by atoms with Gasteiger partial charge in [0.1, 0.15) is 0 Å². The van der Waals surface area contributed by atoms with Crippen LogP contribution in [0.5, 0.6) is 5.75 Å². The molecule has 3 aromatic rings. The van der Waals surface area contributed by atoms with E-state index >= 15 is 0 Å². The standard InChI is InChI=1S/C18H20IN6O3/c1-10-5-15(21-18(17(10)28-4)19-25(26)27)16-7-14(22-24(16)3)13-6-12(13)11-8-20-23(2)9-11/h5,7-9,12-13H,6H2,1-4H3/q-1/t12-,13+/m0/s1. The van der Waals surface area contributed by atoms with Crippen LogP contribution in [0.25, 0.3) is 11.4 Å². The Kier molecular flexibility index (Phi) is 4.81.